The third-order valence-corrected chi connectivity index (χ3v) is 6.90. The van der Waals surface area contributed by atoms with Crippen LogP contribution in [0.5, 0.6) is 5.75 Å². The van der Waals surface area contributed by atoms with Gasteiger partial charge in [0, 0.05) is 31.6 Å². The molecular weight excluding hydrogens is 444 g/mol. The summed E-state index contributed by atoms with van der Waals surface area (Å²) in [5.41, 5.74) is 8.34. The first-order chi connectivity index (χ1) is 16.9. The van der Waals surface area contributed by atoms with Crippen LogP contribution >= 0.6 is 0 Å². The van der Waals surface area contributed by atoms with E-state index >= 15 is 0 Å². The maximum Gasteiger partial charge on any atom is 0.331 e. The van der Waals surface area contributed by atoms with Crippen molar-refractivity contribution in [2.75, 3.05) is 13.7 Å². The van der Waals surface area contributed by atoms with Crippen LogP contribution in [0.4, 0.5) is 5.69 Å². The molecule has 35 heavy (non-hydrogen) atoms. The summed E-state index contributed by atoms with van der Waals surface area (Å²) in [6.07, 6.45) is 6.98. The van der Waals surface area contributed by atoms with Gasteiger partial charge in [0.2, 0.25) is 5.91 Å². The predicted molar refractivity (Wildman–Crippen MR) is 134 cm³/mol. The molecular formula is C27H34N4O4. The highest BCUT2D eigenvalue weighted by atomic mass is 16.5. The number of aliphatic carboxylic acids is 1. The van der Waals surface area contributed by atoms with Crippen LogP contribution in [0.25, 0.3) is 0 Å². The Hall–Kier alpha value is -3.55. The van der Waals surface area contributed by atoms with Gasteiger partial charge in [-0.1, -0.05) is 49.6 Å². The van der Waals surface area contributed by atoms with Crippen LogP contribution < -0.4 is 10.5 Å². The monoisotopic (exact) mass is 478 g/mol. The minimum absolute atomic E-state index is 0.169. The molecule has 2 aliphatic rings. The molecule has 2 aromatic carbocycles. The van der Waals surface area contributed by atoms with Crippen molar-refractivity contribution in [3.05, 3.63) is 59.7 Å². The molecule has 2 aromatic rings. The number of nitrogens with two attached hydrogens (primary N) is 1. The number of guanidine groups is 1. The lowest BCUT2D eigenvalue weighted by molar-refractivity contribution is -0.142. The van der Waals surface area contributed by atoms with E-state index in [1.54, 1.807) is 29.2 Å². The number of amides is 1. The van der Waals surface area contributed by atoms with E-state index in [2.05, 4.69) is 4.99 Å². The Labute approximate surface area is 206 Å². The number of rotatable bonds is 9. The van der Waals surface area contributed by atoms with Gasteiger partial charge in [0.05, 0.1) is 12.3 Å². The van der Waals surface area contributed by atoms with Gasteiger partial charge in [-0.05, 0) is 43.0 Å². The summed E-state index contributed by atoms with van der Waals surface area (Å²) in [5, 5.41) is 9.90. The second kappa shape index (κ2) is 11.3. The van der Waals surface area contributed by atoms with Crippen LogP contribution in [0, 0.1) is 0 Å². The number of carbonyl (C=O) groups excluding carboxylic acids is 1. The van der Waals surface area contributed by atoms with Crippen molar-refractivity contribution >= 4 is 23.5 Å². The third kappa shape index (κ3) is 5.93. The number of carboxylic acid groups (broad SMARTS) is 1. The lowest BCUT2D eigenvalue weighted by atomic mass is 9.94. The van der Waals surface area contributed by atoms with Gasteiger partial charge in [0.25, 0.3) is 0 Å². The zero-order valence-corrected chi connectivity index (χ0v) is 20.2. The Balaban J connectivity index is 1.35. The Kier molecular flexibility index (Phi) is 7.90. The first-order valence-corrected chi connectivity index (χ1v) is 12.3. The number of hydrogen-bond donors (Lipinski definition) is 2. The van der Waals surface area contributed by atoms with Gasteiger partial charge in [-0.2, -0.15) is 0 Å². The van der Waals surface area contributed by atoms with E-state index in [-0.39, 0.29) is 11.9 Å². The number of fused-ring (bicyclic) bond motifs is 1. The highest BCUT2D eigenvalue weighted by Crippen LogP contribution is 2.33. The van der Waals surface area contributed by atoms with Crippen molar-refractivity contribution in [2.24, 2.45) is 10.7 Å². The third-order valence-electron chi connectivity index (χ3n) is 6.90. The van der Waals surface area contributed by atoms with Crippen molar-refractivity contribution < 1.29 is 19.4 Å². The van der Waals surface area contributed by atoms with Crippen molar-refractivity contribution in [1.82, 2.24) is 9.80 Å². The minimum Gasteiger partial charge on any atom is -0.494 e. The first-order valence-electron chi connectivity index (χ1n) is 12.3. The fourth-order valence-electron chi connectivity index (χ4n) is 4.92. The van der Waals surface area contributed by atoms with E-state index in [4.69, 9.17) is 10.5 Å². The molecule has 4 rings (SSSR count). The van der Waals surface area contributed by atoms with Crippen LogP contribution in [-0.2, 0) is 16.1 Å². The van der Waals surface area contributed by atoms with Gasteiger partial charge in [-0.3, -0.25) is 4.79 Å². The highest BCUT2D eigenvalue weighted by Gasteiger charge is 2.32. The second-order valence-electron chi connectivity index (χ2n) is 9.29. The van der Waals surface area contributed by atoms with E-state index in [1.165, 1.54) is 19.3 Å². The summed E-state index contributed by atoms with van der Waals surface area (Å²) in [6, 6.07) is 14.0. The van der Waals surface area contributed by atoms with Gasteiger partial charge < -0.3 is 25.4 Å². The number of aliphatic imine (C=N–C) groups is 1. The molecule has 1 unspecified atom stereocenters. The standard InChI is InChI=1S/C27H34N4O4/c1-30(21-11-6-3-7-12-21)24(32)13-8-16-35-22-14-15-23-20(17-22)18-31(27(28)29-23)25(26(33)34)19-9-4-2-5-10-19/h2,4-5,9-10,14-15,17,21,25H,3,6-8,11-13,16,18H2,1H3,(H2,28,29)(H,33,34). The van der Waals surface area contributed by atoms with E-state index in [0.29, 0.717) is 49.0 Å². The Morgan fingerprint density at radius 2 is 1.91 bits per heavy atom. The molecule has 1 heterocycles. The summed E-state index contributed by atoms with van der Waals surface area (Å²) in [4.78, 5) is 32.6. The molecule has 0 saturated heterocycles. The van der Waals surface area contributed by atoms with Gasteiger partial charge in [-0.15, -0.1) is 0 Å². The lowest BCUT2D eigenvalue weighted by Gasteiger charge is -2.33. The van der Waals surface area contributed by atoms with Gasteiger partial charge in [0.15, 0.2) is 12.0 Å². The van der Waals surface area contributed by atoms with Crippen molar-refractivity contribution in [3.63, 3.8) is 0 Å². The molecule has 0 radical (unpaired) electrons. The number of ether oxygens (including phenoxy) is 1. The molecule has 1 amide bonds. The van der Waals surface area contributed by atoms with Crippen LogP contribution in [-0.4, -0.2) is 52.4 Å². The van der Waals surface area contributed by atoms with Gasteiger partial charge >= 0.3 is 5.97 Å². The Bertz CT molecular complexity index is 1070. The molecule has 0 spiro atoms. The molecule has 1 aliphatic carbocycles. The average molecular weight is 479 g/mol. The van der Waals surface area contributed by atoms with Crippen molar-refractivity contribution in [2.45, 2.75) is 63.6 Å². The predicted octanol–water partition coefficient (Wildman–Crippen LogP) is 4.22. The highest BCUT2D eigenvalue weighted by molar-refractivity contribution is 5.89. The quantitative estimate of drug-likeness (QED) is 0.522. The molecule has 1 atom stereocenters. The normalized spacial score (nSPS) is 16.7. The van der Waals surface area contributed by atoms with E-state index in [9.17, 15) is 14.7 Å². The van der Waals surface area contributed by atoms with Crippen molar-refractivity contribution in [1.29, 1.82) is 0 Å². The molecule has 1 aliphatic heterocycles. The number of nitrogens with zero attached hydrogens (tertiary/aromatic N) is 3. The number of carbonyl (C=O) groups is 2. The fraction of sp³-hybridized carbons (Fsp3) is 0.444. The molecule has 0 aromatic heterocycles. The summed E-state index contributed by atoms with van der Waals surface area (Å²) in [5.74, 6) is 0.0159. The van der Waals surface area contributed by atoms with Crippen LogP contribution in [0.15, 0.2) is 53.5 Å². The Morgan fingerprint density at radius 3 is 2.63 bits per heavy atom. The largest absolute Gasteiger partial charge is 0.494 e. The molecule has 8 heteroatoms. The van der Waals surface area contributed by atoms with Gasteiger partial charge in [-0.25, -0.2) is 9.79 Å². The molecule has 3 N–H and O–H groups in total. The topological polar surface area (TPSA) is 108 Å². The maximum atomic E-state index is 12.5. The van der Waals surface area contributed by atoms with Crippen LogP contribution in [0.1, 0.15) is 62.1 Å². The Morgan fingerprint density at radius 1 is 1.17 bits per heavy atom. The molecule has 1 saturated carbocycles. The molecule has 0 bridgehead atoms. The smallest absolute Gasteiger partial charge is 0.331 e. The summed E-state index contributed by atoms with van der Waals surface area (Å²) < 4.78 is 5.92. The van der Waals surface area contributed by atoms with E-state index in [1.807, 2.05) is 36.2 Å². The fourth-order valence-corrected chi connectivity index (χ4v) is 4.92. The van der Waals surface area contributed by atoms with Crippen molar-refractivity contribution in [3.8, 4) is 5.75 Å². The number of hydrogen-bond acceptors (Lipinski definition) is 6. The zero-order chi connectivity index (χ0) is 24.8. The molecule has 1 fully saturated rings. The summed E-state index contributed by atoms with van der Waals surface area (Å²) in [6.45, 7) is 0.734. The maximum absolute atomic E-state index is 12.5. The number of benzene rings is 2. The van der Waals surface area contributed by atoms with E-state index in [0.717, 1.165) is 18.4 Å². The second-order valence-corrected chi connectivity index (χ2v) is 9.29. The lowest BCUT2D eigenvalue weighted by Crippen LogP contribution is -2.44. The summed E-state index contributed by atoms with van der Waals surface area (Å²) >= 11 is 0. The summed E-state index contributed by atoms with van der Waals surface area (Å²) in [7, 11) is 1.92. The van der Waals surface area contributed by atoms with Gasteiger partial charge in [0.1, 0.15) is 5.75 Å². The van der Waals surface area contributed by atoms with Crippen LogP contribution in [0.3, 0.4) is 0 Å². The SMILES string of the molecule is CN(C(=O)CCCOc1ccc2c(c1)CN(C(C(=O)O)c1ccccc1)C(N)=N2)C1CCCCC1. The number of carboxylic acids is 1. The first kappa shape index (κ1) is 24.6. The average Bonchev–Trinajstić information content (AvgIpc) is 2.87. The molecule has 8 nitrogen and oxygen atoms in total. The van der Waals surface area contributed by atoms with E-state index < -0.39 is 12.0 Å². The molecule has 186 valence electrons. The van der Waals surface area contributed by atoms with Crippen LogP contribution in [0.2, 0.25) is 0 Å². The zero-order valence-electron chi connectivity index (χ0n) is 20.2. The minimum atomic E-state index is -0.993.